The molecule has 0 radical (unpaired) electrons. The summed E-state index contributed by atoms with van der Waals surface area (Å²) >= 11 is 0. The molecule has 1 saturated heterocycles. The van der Waals surface area contributed by atoms with Gasteiger partial charge in [0.05, 0.1) is 20.8 Å². The maximum Gasteiger partial charge on any atom is 0.236 e. The minimum absolute atomic E-state index is 0.107. The van der Waals surface area contributed by atoms with Crippen molar-refractivity contribution in [2.24, 2.45) is 0 Å². The summed E-state index contributed by atoms with van der Waals surface area (Å²) < 4.78 is 24.5. The number of ether oxygens (including phenoxy) is 2. The Labute approximate surface area is 177 Å². The molecule has 2 aromatic rings. The van der Waals surface area contributed by atoms with E-state index in [9.17, 15) is 9.18 Å². The van der Waals surface area contributed by atoms with Crippen LogP contribution >= 0.6 is 0 Å². The molecule has 7 heteroatoms. The van der Waals surface area contributed by atoms with Crippen LogP contribution in [0.4, 0.5) is 4.39 Å². The largest absolute Gasteiger partial charge is 0.497 e. The molecule has 2 aromatic carbocycles. The highest BCUT2D eigenvalue weighted by Gasteiger charge is 2.22. The van der Waals surface area contributed by atoms with E-state index in [0.717, 1.165) is 30.2 Å². The molecule has 1 heterocycles. The monoisotopic (exact) mass is 415 g/mol. The van der Waals surface area contributed by atoms with E-state index >= 15 is 0 Å². The second-order valence-corrected chi connectivity index (χ2v) is 7.60. The van der Waals surface area contributed by atoms with E-state index in [2.05, 4.69) is 4.90 Å². The first-order valence-corrected chi connectivity index (χ1v) is 10.1. The molecule has 0 unspecified atom stereocenters. The molecule has 0 aromatic heterocycles. The van der Waals surface area contributed by atoms with E-state index in [0.29, 0.717) is 38.3 Å². The number of carbonyl (C=O) groups excluding carboxylic acids is 1. The first-order chi connectivity index (χ1) is 14.5. The van der Waals surface area contributed by atoms with Crippen LogP contribution in [0.5, 0.6) is 11.5 Å². The Morgan fingerprint density at radius 1 is 1.03 bits per heavy atom. The third kappa shape index (κ3) is 5.70. The van der Waals surface area contributed by atoms with Crippen molar-refractivity contribution in [3.63, 3.8) is 0 Å². The van der Waals surface area contributed by atoms with Crippen LogP contribution in [0, 0.1) is 5.82 Å². The summed E-state index contributed by atoms with van der Waals surface area (Å²) in [7, 11) is 5.18. The van der Waals surface area contributed by atoms with Crippen molar-refractivity contribution in [2.45, 2.75) is 13.1 Å². The molecule has 6 nitrogen and oxygen atoms in total. The number of methoxy groups -OCH3 is 2. The van der Waals surface area contributed by atoms with Gasteiger partial charge in [-0.2, -0.15) is 0 Å². The molecule has 162 valence electrons. The predicted octanol–water partition coefficient (Wildman–Crippen LogP) is 2.62. The van der Waals surface area contributed by atoms with Gasteiger partial charge in [0.25, 0.3) is 0 Å². The van der Waals surface area contributed by atoms with E-state index in [1.165, 1.54) is 6.07 Å². The molecule has 0 saturated carbocycles. The fraction of sp³-hybridized carbons (Fsp3) is 0.435. The SMILES string of the molecule is COc1ccc(CN(C)CC(=O)N2CCN(Cc3ccccc3F)CC2)c(OC)c1. The van der Waals surface area contributed by atoms with Gasteiger partial charge >= 0.3 is 0 Å². The van der Waals surface area contributed by atoms with Gasteiger partial charge in [0.2, 0.25) is 5.91 Å². The molecular formula is C23H30FN3O3. The Hall–Kier alpha value is -2.64. The van der Waals surface area contributed by atoms with Gasteiger partial charge in [0, 0.05) is 56.5 Å². The van der Waals surface area contributed by atoms with E-state index in [1.807, 2.05) is 47.2 Å². The molecule has 0 bridgehead atoms. The van der Waals surface area contributed by atoms with E-state index in [-0.39, 0.29) is 11.7 Å². The highest BCUT2D eigenvalue weighted by Crippen LogP contribution is 2.25. The van der Waals surface area contributed by atoms with Crippen molar-refractivity contribution in [2.75, 3.05) is 54.0 Å². The van der Waals surface area contributed by atoms with Crippen LogP contribution in [0.2, 0.25) is 0 Å². The lowest BCUT2D eigenvalue weighted by molar-refractivity contribution is -0.134. The average Bonchev–Trinajstić information content (AvgIpc) is 2.76. The summed E-state index contributed by atoms with van der Waals surface area (Å²) in [4.78, 5) is 18.8. The summed E-state index contributed by atoms with van der Waals surface area (Å²) in [6.07, 6.45) is 0. The number of amides is 1. The molecule has 1 fully saturated rings. The number of likely N-dealkylation sites (N-methyl/N-ethyl adjacent to an activating group) is 1. The van der Waals surface area contributed by atoms with Crippen molar-refractivity contribution < 1.29 is 18.7 Å². The Morgan fingerprint density at radius 3 is 2.43 bits per heavy atom. The topological polar surface area (TPSA) is 45.2 Å². The fourth-order valence-electron chi connectivity index (χ4n) is 3.68. The number of carbonyl (C=O) groups is 1. The second kappa shape index (κ2) is 10.4. The van der Waals surface area contributed by atoms with E-state index in [1.54, 1.807) is 20.3 Å². The number of hydrogen-bond acceptors (Lipinski definition) is 5. The van der Waals surface area contributed by atoms with Crippen molar-refractivity contribution >= 4 is 5.91 Å². The number of halogens is 1. The number of rotatable bonds is 8. The molecule has 0 aliphatic carbocycles. The van der Waals surface area contributed by atoms with Crippen LogP contribution in [0.1, 0.15) is 11.1 Å². The average molecular weight is 416 g/mol. The highest BCUT2D eigenvalue weighted by atomic mass is 19.1. The Morgan fingerprint density at radius 2 is 1.77 bits per heavy atom. The standard InChI is InChI=1S/C23H30FN3O3/c1-25(15-19-8-9-20(29-2)14-22(19)30-3)17-23(28)27-12-10-26(11-13-27)16-18-6-4-5-7-21(18)24/h4-9,14H,10-13,15-17H2,1-3H3. The third-order valence-electron chi connectivity index (χ3n) is 5.42. The van der Waals surface area contributed by atoms with Gasteiger partial charge in [-0.15, -0.1) is 0 Å². The normalized spacial score (nSPS) is 14.8. The van der Waals surface area contributed by atoms with Gasteiger partial charge in [0.1, 0.15) is 17.3 Å². The number of nitrogens with zero attached hydrogens (tertiary/aromatic N) is 3. The first kappa shape index (κ1) is 22.1. The van der Waals surface area contributed by atoms with Crippen LogP contribution in [0.15, 0.2) is 42.5 Å². The summed E-state index contributed by atoms with van der Waals surface area (Å²) in [6.45, 7) is 4.33. The third-order valence-corrected chi connectivity index (χ3v) is 5.42. The minimum Gasteiger partial charge on any atom is -0.497 e. The molecule has 30 heavy (non-hydrogen) atoms. The molecule has 1 aliphatic heterocycles. The lowest BCUT2D eigenvalue weighted by Gasteiger charge is -2.35. The lowest BCUT2D eigenvalue weighted by atomic mass is 10.1. The van der Waals surface area contributed by atoms with E-state index < -0.39 is 0 Å². The highest BCUT2D eigenvalue weighted by molar-refractivity contribution is 5.78. The Kier molecular flexibility index (Phi) is 7.65. The second-order valence-electron chi connectivity index (χ2n) is 7.60. The van der Waals surface area contributed by atoms with Gasteiger partial charge in [-0.1, -0.05) is 24.3 Å². The molecular weight excluding hydrogens is 385 g/mol. The molecule has 3 rings (SSSR count). The maximum atomic E-state index is 13.9. The molecule has 1 aliphatic rings. The molecule has 0 atom stereocenters. The Balaban J connectivity index is 1.48. The fourth-order valence-corrected chi connectivity index (χ4v) is 3.68. The predicted molar refractivity (Wildman–Crippen MR) is 114 cm³/mol. The van der Waals surface area contributed by atoms with Gasteiger partial charge in [-0.25, -0.2) is 4.39 Å². The summed E-state index contributed by atoms with van der Waals surface area (Å²) in [6, 6.07) is 12.6. The number of hydrogen-bond donors (Lipinski definition) is 0. The van der Waals surface area contributed by atoms with Crippen LogP contribution in [0.3, 0.4) is 0 Å². The minimum atomic E-state index is -0.174. The zero-order valence-corrected chi connectivity index (χ0v) is 17.9. The quantitative estimate of drug-likeness (QED) is 0.663. The molecule has 1 amide bonds. The van der Waals surface area contributed by atoms with Gasteiger partial charge in [0.15, 0.2) is 0 Å². The molecule has 0 spiro atoms. The maximum absolute atomic E-state index is 13.9. The first-order valence-electron chi connectivity index (χ1n) is 10.1. The van der Waals surface area contributed by atoms with Crippen molar-refractivity contribution in [3.05, 3.63) is 59.4 Å². The van der Waals surface area contributed by atoms with Gasteiger partial charge in [-0.3, -0.25) is 14.6 Å². The van der Waals surface area contributed by atoms with Crippen LogP contribution in [0.25, 0.3) is 0 Å². The van der Waals surface area contributed by atoms with Crippen molar-refractivity contribution in [1.29, 1.82) is 0 Å². The zero-order chi connectivity index (χ0) is 21.5. The zero-order valence-electron chi connectivity index (χ0n) is 17.9. The smallest absolute Gasteiger partial charge is 0.236 e. The number of benzene rings is 2. The lowest BCUT2D eigenvalue weighted by Crippen LogP contribution is -2.50. The van der Waals surface area contributed by atoms with Crippen LogP contribution < -0.4 is 9.47 Å². The van der Waals surface area contributed by atoms with Crippen molar-refractivity contribution in [1.82, 2.24) is 14.7 Å². The van der Waals surface area contributed by atoms with Crippen LogP contribution in [-0.4, -0.2) is 74.6 Å². The summed E-state index contributed by atoms with van der Waals surface area (Å²) in [5.74, 6) is 1.42. The van der Waals surface area contributed by atoms with Crippen molar-refractivity contribution in [3.8, 4) is 11.5 Å². The van der Waals surface area contributed by atoms with Gasteiger partial charge in [-0.05, 0) is 19.2 Å². The summed E-state index contributed by atoms with van der Waals surface area (Å²) in [5, 5.41) is 0. The number of piperazine rings is 1. The van der Waals surface area contributed by atoms with Crippen LogP contribution in [-0.2, 0) is 17.9 Å². The van der Waals surface area contributed by atoms with Gasteiger partial charge < -0.3 is 14.4 Å². The van der Waals surface area contributed by atoms with E-state index in [4.69, 9.17) is 9.47 Å². The molecule has 0 N–H and O–H groups in total. The summed E-state index contributed by atoms with van der Waals surface area (Å²) in [5.41, 5.74) is 1.70. The Bertz CT molecular complexity index is 853.